The summed E-state index contributed by atoms with van der Waals surface area (Å²) in [5.41, 5.74) is 2.28. The highest BCUT2D eigenvalue weighted by Crippen LogP contribution is 2.38. The summed E-state index contributed by atoms with van der Waals surface area (Å²) in [5.74, 6) is -0.616. The van der Waals surface area contributed by atoms with Crippen molar-refractivity contribution >= 4 is 5.69 Å². The van der Waals surface area contributed by atoms with Gasteiger partial charge in [-0.1, -0.05) is 26.0 Å². The minimum atomic E-state index is -4.02. The molecule has 0 atom stereocenters. The number of alkyl halides is 3. The molecule has 1 nitrogen and oxygen atoms in total. The molecule has 0 heterocycles. The third-order valence-corrected chi connectivity index (χ3v) is 4.14. The maximum atomic E-state index is 12.6. The monoisotopic (exact) mass is 285 g/mol. The van der Waals surface area contributed by atoms with Crippen molar-refractivity contribution in [2.24, 2.45) is 5.92 Å². The van der Waals surface area contributed by atoms with Gasteiger partial charge in [0.1, 0.15) is 0 Å². The second kappa shape index (κ2) is 6.06. The van der Waals surface area contributed by atoms with Crippen LogP contribution in [0.4, 0.5) is 18.9 Å². The number of nitrogens with one attached hydrogen (secondary N) is 1. The Kier molecular flexibility index (Phi) is 4.61. The average molecular weight is 285 g/mol. The first-order valence-corrected chi connectivity index (χ1v) is 7.29. The Hall–Kier alpha value is -1.19. The normalized spacial score (nSPS) is 23.9. The van der Waals surface area contributed by atoms with E-state index < -0.39 is 12.1 Å². The van der Waals surface area contributed by atoms with Crippen LogP contribution in [-0.2, 0) is 0 Å². The second-order valence-electron chi connectivity index (χ2n) is 6.01. The minimum absolute atomic E-state index is 0.165. The van der Waals surface area contributed by atoms with Gasteiger partial charge in [-0.3, -0.25) is 0 Å². The van der Waals surface area contributed by atoms with Gasteiger partial charge in [0, 0.05) is 11.7 Å². The van der Waals surface area contributed by atoms with Crippen LogP contribution in [0, 0.1) is 5.92 Å². The smallest absolute Gasteiger partial charge is 0.382 e. The maximum absolute atomic E-state index is 12.6. The SMILES string of the molecule is CC(C)c1ccc(NC2CCC(C(F)(F)F)CC2)cc1. The fourth-order valence-electron chi connectivity index (χ4n) is 2.77. The van der Waals surface area contributed by atoms with Gasteiger partial charge in [0.25, 0.3) is 0 Å². The molecule has 1 aromatic rings. The molecule has 0 spiro atoms. The molecule has 1 aliphatic carbocycles. The molecule has 2 rings (SSSR count). The van der Waals surface area contributed by atoms with Crippen LogP contribution in [0.2, 0.25) is 0 Å². The third kappa shape index (κ3) is 3.90. The largest absolute Gasteiger partial charge is 0.391 e. The lowest BCUT2D eigenvalue weighted by Gasteiger charge is -2.30. The van der Waals surface area contributed by atoms with Crippen molar-refractivity contribution in [1.82, 2.24) is 0 Å². The van der Waals surface area contributed by atoms with Crippen molar-refractivity contribution in [3.05, 3.63) is 29.8 Å². The van der Waals surface area contributed by atoms with Crippen molar-refractivity contribution in [2.75, 3.05) is 5.32 Å². The third-order valence-electron chi connectivity index (χ3n) is 4.14. The molecule has 1 N–H and O–H groups in total. The zero-order chi connectivity index (χ0) is 14.8. The molecule has 0 unspecified atom stereocenters. The number of benzene rings is 1. The Morgan fingerprint density at radius 2 is 1.55 bits per heavy atom. The maximum Gasteiger partial charge on any atom is 0.391 e. The van der Waals surface area contributed by atoms with E-state index in [1.54, 1.807) is 0 Å². The van der Waals surface area contributed by atoms with Gasteiger partial charge >= 0.3 is 6.18 Å². The zero-order valence-corrected chi connectivity index (χ0v) is 12.0. The van der Waals surface area contributed by atoms with E-state index in [1.807, 2.05) is 12.1 Å². The van der Waals surface area contributed by atoms with Gasteiger partial charge in [-0.15, -0.1) is 0 Å². The fourth-order valence-corrected chi connectivity index (χ4v) is 2.77. The van der Waals surface area contributed by atoms with E-state index in [2.05, 4.69) is 31.3 Å². The summed E-state index contributed by atoms with van der Waals surface area (Å²) in [6.45, 7) is 4.28. The van der Waals surface area contributed by atoms with E-state index in [0.717, 1.165) is 5.69 Å². The van der Waals surface area contributed by atoms with E-state index in [1.165, 1.54) is 5.56 Å². The Labute approximate surface area is 118 Å². The van der Waals surface area contributed by atoms with Crippen LogP contribution in [0.25, 0.3) is 0 Å². The lowest BCUT2D eigenvalue weighted by molar-refractivity contribution is -0.182. The van der Waals surface area contributed by atoms with Crippen LogP contribution in [0.5, 0.6) is 0 Å². The van der Waals surface area contributed by atoms with E-state index in [9.17, 15) is 13.2 Å². The molecule has 0 aromatic heterocycles. The number of hydrogen-bond acceptors (Lipinski definition) is 1. The van der Waals surface area contributed by atoms with Crippen molar-refractivity contribution < 1.29 is 13.2 Å². The van der Waals surface area contributed by atoms with E-state index in [0.29, 0.717) is 18.8 Å². The van der Waals surface area contributed by atoms with Gasteiger partial charge in [-0.05, 0) is 49.3 Å². The number of hydrogen-bond donors (Lipinski definition) is 1. The van der Waals surface area contributed by atoms with Gasteiger partial charge in [-0.25, -0.2) is 0 Å². The summed E-state index contributed by atoms with van der Waals surface area (Å²) in [7, 11) is 0. The molecule has 1 aliphatic rings. The summed E-state index contributed by atoms with van der Waals surface area (Å²) < 4.78 is 37.8. The molecule has 1 fully saturated rings. The highest BCUT2D eigenvalue weighted by molar-refractivity contribution is 5.46. The Bertz CT molecular complexity index is 414. The first kappa shape index (κ1) is 15.2. The molecule has 1 aromatic carbocycles. The Morgan fingerprint density at radius 1 is 1.00 bits per heavy atom. The van der Waals surface area contributed by atoms with Gasteiger partial charge in [-0.2, -0.15) is 13.2 Å². The predicted octanol–water partition coefficient (Wildman–Crippen LogP) is 5.34. The average Bonchev–Trinajstić information content (AvgIpc) is 2.39. The highest BCUT2D eigenvalue weighted by atomic mass is 19.4. The molecular formula is C16H22F3N. The van der Waals surface area contributed by atoms with Crippen LogP contribution < -0.4 is 5.32 Å². The van der Waals surface area contributed by atoms with Crippen molar-refractivity contribution in [3.63, 3.8) is 0 Å². The van der Waals surface area contributed by atoms with Gasteiger partial charge in [0.15, 0.2) is 0 Å². The number of anilines is 1. The Balaban J connectivity index is 1.86. The van der Waals surface area contributed by atoms with Crippen molar-refractivity contribution in [3.8, 4) is 0 Å². The molecule has 1 saturated carbocycles. The first-order chi connectivity index (χ1) is 9.36. The van der Waals surface area contributed by atoms with Crippen LogP contribution in [-0.4, -0.2) is 12.2 Å². The summed E-state index contributed by atoms with van der Waals surface area (Å²) in [6, 6.07) is 8.36. The van der Waals surface area contributed by atoms with E-state index in [4.69, 9.17) is 0 Å². The van der Waals surface area contributed by atoms with Crippen LogP contribution >= 0.6 is 0 Å². The van der Waals surface area contributed by atoms with Crippen LogP contribution in [0.1, 0.15) is 51.0 Å². The fraction of sp³-hybridized carbons (Fsp3) is 0.625. The molecule has 20 heavy (non-hydrogen) atoms. The van der Waals surface area contributed by atoms with E-state index >= 15 is 0 Å². The number of rotatable bonds is 3. The summed E-state index contributed by atoms with van der Waals surface area (Å²) in [5, 5.41) is 3.35. The van der Waals surface area contributed by atoms with Gasteiger partial charge in [0.05, 0.1) is 5.92 Å². The van der Waals surface area contributed by atoms with Crippen LogP contribution in [0.3, 0.4) is 0 Å². The molecule has 0 bridgehead atoms. The van der Waals surface area contributed by atoms with Crippen LogP contribution in [0.15, 0.2) is 24.3 Å². The van der Waals surface area contributed by atoms with Gasteiger partial charge < -0.3 is 5.32 Å². The molecule has 0 saturated heterocycles. The molecule has 4 heteroatoms. The second-order valence-corrected chi connectivity index (χ2v) is 6.01. The van der Waals surface area contributed by atoms with Gasteiger partial charge in [0.2, 0.25) is 0 Å². The summed E-state index contributed by atoms with van der Waals surface area (Å²) in [6.07, 6.45) is -2.35. The summed E-state index contributed by atoms with van der Waals surface area (Å²) in [4.78, 5) is 0. The molecule has 0 radical (unpaired) electrons. The molecular weight excluding hydrogens is 263 g/mol. The minimum Gasteiger partial charge on any atom is -0.382 e. The highest BCUT2D eigenvalue weighted by Gasteiger charge is 2.41. The van der Waals surface area contributed by atoms with Crippen molar-refractivity contribution in [1.29, 1.82) is 0 Å². The molecule has 0 amide bonds. The molecule has 0 aliphatic heterocycles. The zero-order valence-electron chi connectivity index (χ0n) is 12.0. The standard InChI is InChI=1S/C16H22F3N/c1-11(2)12-3-7-14(8-4-12)20-15-9-5-13(6-10-15)16(17,18)19/h3-4,7-8,11,13,15,20H,5-6,9-10H2,1-2H3. The summed E-state index contributed by atoms with van der Waals surface area (Å²) >= 11 is 0. The van der Waals surface area contributed by atoms with E-state index in [-0.39, 0.29) is 18.9 Å². The predicted molar refractivity (Wildman–Crippen MR) is 76.0 cm³/mol. The molecule has 112 valence electrons. The lowest BCUT2D eigenvalue weighted by Crippen LogP contribution is -2.32. The van der Waals surface area contributed by atoms with Crippen molar-refractivity contribution in [2.45, 2.75) is 57.7 Å². The Morgan fingerprint density at radius 3 is 2.00 bits per heavy atom. The lowest BCUT2D eigenvalue weighted by atomic mass is 9.85. The first-order valence-electron chi connectivity index (χ1n) is 7.29. The number of halogens is 3. The topological polar surface area (TPSA) is 12.0 Å². The quantitative estimate of drug-likeness (QED) is 0.790.